The summed E-state index contributed by atoms with van der Waals surface area (Å²) >= 11 is 3.24. The van der Waals surface area contributed by atoms with E-state index in [0.29, 0.717) is 28.2 Å². The van der Waals surface area contributed by atoms with Crippen molar-refractivity contribution in [3.8, 4) is 5.88 Å². The number of amidine groups is 1. The summed E-state index contributed by atoms with van der Waals surface area (Å²) in [6.07, 6.45) is -0.775. The van der Waals surface area contributed by atoms with Gasteiger partial charge < -0.3 is 15.4 Å². The number of pyridine rings is 1. The number of rotatable bonds is 8. The first-order chi connectivity index (χ1) is 12.2. The molecular formula is C18H23BrF2N4O. The van der Waals surface area contributed by atoms with Gasteiger partial charge in [0.1, 0.15) is 11.7 Å². The van der Waals surface area contributed by atoms with Gasteiger partial charge >= 0.3 is 0 Å². The van der Waals surface area contributed by atoms with Gasteiger partial charge in [0.15, 0.2) is 6.61 Å². The molecule has 1 rings (SSSR count). The molecule has 0 aliphatic rings. The van der Waals surface area contributed by atoms with Crippen LogP contribution in [0.2, 0.25) is 0 Å². The molecule has 0 aromatic carbocycles. The van der Waals surface area contributed by atoms with E-state index in [9.17, 15) is 8.78 Å². The standard InChI is InChI=1S/C18H23BrF2N4O/c1-6-23-12(4)25(5)17(22)14(11(2)3)9-13-7-8-15(19)18(24-13)26-10-16(20)21/h6-8,16H,1-2,9-10,22H2,3-5H3/b17-14-,23-12?. The molecule has 0 amide bonds. The summed E-state index contributed by atoms with van der Waals surface area (Å²) in [5.41, 5.74) is 8.41. The summed E-state index contributed by atoms with van der Waals surface area (Å²) in [6, 6.07) is 3.46. The van der Waals surface area contributed by atoms with Crippen LogP contribution in [0.4, 0.5) is 8.78 Å². The first-order valence-electron chi connectivity index (χ1n) is 7.77. The van der Waals surface area contributed by atoms with Gasteiger partial charge in [-0.05, 0) is 41.9 Å². The topological polar surface area (TPSA) is 63.7 Å². The lowest BCUT2D eigenvalue weighted by atomic mass is 10.0. The maximum atomic E-state index is 12.4. The average Bonchev–Trinajstić information content (AvgIpc) is 2.58. The Morgan fingerprint density at radius 1 is 1.46 bits per heavy atom. The summed E-state index contributed by atoms with van der Waals surface area (Å²) in [4.78, 5) is 10.1. The second-order valence-electron chi connectivity index (χ2n) is 5.53. The SMILES string of the molecule is C=CN=C(C)N(C)/C(N)=C(/Cc1ccc(Br)c(OCC(F)F)n1)C(=C)C. The van der Waals surface area contributed by atoms with Crippen LogP contribution in [0.25, 0.3) is 0 Å². The molecule has 8 heteroatoms. The number of alkyl halides is 2. The number of hydrogen-bond acceptors (Lipinski definition) is 4. The number of allylic oxidation sites excluding steroid dienone is 2. The Morgan fingerprint density at radius 2 is 2.12 bits per heavy atom. The number of aliphatic imine (C=N–C) groups is 1. The fourth-order valence-corrected chi connectivity index (χ4v) is 2.38. The number of aromatic nitrogens is 1. The predicted molar refractivity (Wildman–Crippen MR) is 104 cm³/mol. The molecule has 0 bridgehead atoms. The van der Waals surface area contributed by atoms with E-state index in [1.807, 2.05) is 6.92 Å². The molecule has 0 fully saturated rings. The molecule has 1 aromatic heterocycles. The Balaban J connectivity index is 3.16. The summed E-state index contributed by atoms with van der Waals surface area (Å²) < 4.78 is 30.3. The lowest BCUT2D eigenvalue weighted by Gasteiger charge is -2.22. The van der Waals surface area contributed by atoms with E-state index in [2.05, 4.69) is 39.1 Å². The van der Waals surface area contributed by atoms with Gasteiger partial charge in [0.2, 0.25) is 5.88 Å². The minimum atomic E-state index is -2.57. The minimum Gasteiger partial charge on any atom is -0.471 e. The Bertz CT molecular complexity index is 732. The van der Waals surface area contributed by atoms with Gasteiger partial charge in [-0.15, -0.1) is 0 Å². The zero-order chi connectivity index (χ0) is 19.9. The molecule has 5 nitrogen and oxygen atoms in total. The average molecular weight is 429 g/mol. The molecule has 0 spiro atoms. The van der Waals surface area contributed by atoms with Crippen molar-refractivity contribution in [2.24, 2.45) is 10.7 Å². The van der Waals surface area contributed by atoms with E-state index < -0.39 is 13.0 Å². The van der Waals surface area contributed by atoms with Crippen LogP contribution in [0.3, 0.4) is 0 Å². The van der Waals surface area contributed by atoms with E-state index in [1.165, 1.54) is 6.20 Å². The van der Waals surface area contributed by atoms with Crippen molar-refractivity contribution in [2.45, 2.75) is 26.7 Å². The zero-order valence-corrected chi connectivity index (χ0v) is 16.7. The monoisotopic (exact) mass is 428 g/mol. The molecule has 26 heavy (non-hydrogen) atoms. The number of nitrogens with zero attached hydrogens (tertiary/aromatic N) is 3. The molecule has 0 atom stereocenters. The molecule has 0 radical (unpaired) electrons. The van der Waals surface area contributed by atoms with Crippen molar-refractivity contribution in [1.29, 1.82) is 0 Å². The third kappa shape index (κ3) is 6.25. The van der Waals surface area contributed by atoms with Gasteiger partial charge in [-0.2, -0.15) is 0 Å². The number of halogens is 3. The van der Waals surface area contributed by atoms with Crippen LogP contribution in [0.5, 0.6) is 5.88 Å². The highest BCUT2D eigenvalue weighted by atomic mass is 79.9. The van der Waals surface area contributed by atoms with Gasteiger partial charge in [0, 0.05) is 30.9 Å². The van der Waals surface area contributed by atoms with Crippen molar-refractivity contribution in [3.05, 3.63) is 58.6 Å². The van der Waals surface area contributed by atoms with Crippen molar-refractivity contribution in [3.63, 3.8) is 0 Å². The van der Waals surface area contributed by atoms with Crippen molar-refractivity contribution < 1.29 is 13.5 Å². The number of hydrogen-bond donors (Lipinski definition) is 1. The highest BCUT2D eigenvalue weighted by molar-refractivity contribution is 9.10. The molecule has 0 saturated carbocycles. The minimum absolute atomic E-state index is 0.111. The van der Waals surface area contributed by atoms with Gasteiger partial charge in [-0.1, -0.05) is 18.7 Å². The van der Waals surface area contributed by atoms with Gasteiger partial charge in [-0.25, -0.2) is 18.8 Å². The fraction of sp³-hybridized carbons (Fsp3) is 0.333. The summed E-state index contributed by atoms with van der Waals surface area (Å²) in [5, 5.41) is 0. The first-order valence-corrected chi connectivity index (χ1v) is 8.56. The van der Waals surface area contributed by atoms with E-state index in [-0.39, 0.29) is 5.88 Å². The third-order valence-corrected chi connectivity index (χ3v) is 4.13. The second kappa shape index (κ2) is 10.1. The van der Waals surface area contributed by atoms with Crippen LogP contribution in [0.15, 0.2) is 57.9 Å². The maximum absolute atomic E-state index is 12.4. The van der Waals surface area contributed by atoms with Crippen LogP contribution in [-0.2, 0) is 6.42 Å². The second-order valence-corrected chi connectivity index (χ2v) is 6.38. The summed E-state index contributed by atoms with van der Waals surface area (Å²) in [5.74, 6) is 1.25. The highest BCUT2D eigenvalue weighted by Crippen LogP contribution is 2.25. The van der Waals surface area contributed by atoms with Gasteiger partial charge in [-0.3, -0.25) is 0 Å². The molecule has 0 saturated heterocycles. The Morgan fingerprint density at radius 3 is 2.65 bits per heavy atom. The van der Waals surface area contributed by atoms with Crippen molar-refractivity contribution in [2.75, 3.05) is 13.7 Å². The summed E-state index contributed by atoms with van der Waals surface area (Å²) in [7, 11) is 1.78. The van der Waals surface area contributed by atoms with E-state index in [0.717, 1.165) is 11.1 Å². The van der Waals surface area contributed by atoms with Crippen LogP contribution < -0.4 is 10.5 Å². The van der Waals surface area contributed by atoms with E-state index >= 15 is 0 Å². The van der Waals surface area contributed by atoms with Crippen LogP contribution in [-0.4, -0.2) is 35.8 Å². The molecule has 1 heterocycles. The van der Waals surface area contributed by atoms with Gasteiger partial charge in [0.05, 0.1) is 4.47 Å². The quantitative estimate of drug-likeness (QED) is 0.381. The Kier molecular flexibility index (Phi) is 8.44. The molecule has 1 aromatic rings. The third-order valence-electron chi connectivity index (χ3n) is 3.52. The van der Waals surface area contributed by atoms with Gasteiger partial charge in [0.25, 0.3) is 6.43 Å². The lowest BCUT2D eigenvalue weighted by molar-refractivity contribution is 0.0791. The molecule has 0 aliphatic heterocycles. The smallest absolute Gasteiger partial charge is 0.272 e. The largest absolute Gasteiger partial charge is 0.471 e. The molecule has 2 N–H and O–H groups in total. The van der Waals surface area contributed by atoms with Crippen molar-refractivity contribution in [1.82, 2.24) is 9.88 Å². The first kappa shape index (κ1) is 21.8. The maximum Gasteiger partial charge on any atom is 0.272 e. The van der Waals surface area contributed by atoms with Crippen LogP contribution >= 0.6 is 15.9 Å². The number of nitrogens with two attached hydrogens (primary N) is 1. The predicted octanol–water partition coefficient (Wildman–Crippen LogP) is 4.27. The van der Waals surface area contributed by atoms with Crippen LogP contribution in [0.1, 0.15) is 19.5 Å². The zero-order valence-electron chi connectivity index (χ0n) is 15.1. The van der Waals surface area contributed by atoms with E-state index in [1.54, 1.807) is 31.0 Å². The molecule has 0 aliphatic carbocycles. The highest BCUT2D eigenvalue weighted by Gasteiger charge is 2.15. The normalized spacial score (nSPS) is 12.7. The Labute approximate surface area is 161 Å². The molecule has 142 valence electrons. The van der Waals surface area contributed by atoms with Crippen LogP contribution in [0, 0.1) is 0 Å². The van der Waals surface area contributed by atoms with Crippen molar-refractivity contribution >= 4 is 21.8 Å². The lowest BCUT2D eigenvalue weighted by Crippen LogP contribution is -2.30. The van der Waals surface area contributed by atoms with E-state index in [4.69, 9.17) is 10.5 Å². The fourth-order valence-electron chi connectivity index (χ4n) is 2.04. The Hall–Kier alpha value is -2.22. The summed E-state index contributed by atoms with van der Waals surface area (Å²) in [6.45, 7) is 10.5. The molecular weight excluding hydrogens is 406 g/mol. The molecule has 0 unspecified atom stereocenters. The number of ether oxygens (including phenoxy) is 1.